The second-order valence-corrected chi connectivity index (χ2v) is 5.57. The first kappa shape index (κ1) is 15.6. The third-order valence-corrected chi connectivity index (χ3v) is 3.55. The molecule has 0 saturated carbocycles. The van der Waals surface area contributed by atoms with Crippen LogP contribution >= 0.6 is 27.5 Å². The average Bonchev–Trinajstić information content (AvgIpc) is 2.46. The third-order valence-electron chi connectivity index (χ3n) is 2.68. The van der Waals surface area contributed by atoms with Gasteiger partial charge in [0, 0.05) is 11.1 Å². The second-order valence-electron chi connectivity index (χ2n) is 4.28. The summed E-state index contributed by atoms with van der Waals surface area (Å²) in [6.45, 7) is 0.431. The van der Waals surface area contributed by atoms with Crippen LogP contribution in [0.15, 0.2) is 53.0 Å². The van der Waals surface area contributed by atoms with Crippen molar-refractivity contribution >= 4 is 39.6 Å². The number of aliphatic carboxylic acids is 1. The minimum atomic E-state index is -0.978. The van der Waals surface area contributed by atoms with Gasteiger partial charge in [0.2, 0.25) is 0 Å². The summed E-state index contributed by atoms with van der Waals surface area (Å²) < 4.78 is 6.48. The molecule has 2 aromatic carbocycles. The minimum absolute atomic E-state index is 0.431. The van der Waals surface area contributed by atoms with Gasteiger partial charge in [-0.05, 0) is 57.4 Å². The molecule has 0 heterocycles. The van der Waals surface area contributed by atoms with Crippen LogP contribution in [0.4, 0.5) is 0 Å². The summed E-state index contributed by atoms with van der Waals surface area (Å²) in [5.41, 5.74) is 1.80. The van der Waals surface area contributed by atoms with Crippen LogP contribution in [0.5, 0.6) is 5.75 Å². The number of carboxylic acid groups (broad SMARTS) is 1. The molecular formula is C16H12BrClO3. The molecule has 2 aromatic rings. The van der Waals surface area contributed by atoms with Crippen molar-refractivity contribution in [1.29, 1.82) is 0 Å². The normalized spacial score (nSPS) is 10.8. The molecule has 1 N–H and O–H groups in total. The number of ether oxygens (including phenoxy) is 1. The Morgan fingerprint density at radius 1 is 1.24 bits per heavy atom. The summed E-state index contributed by atoms with van der Waals surface area (Å²) in [7, 11) is 0. The molecule has 0 spiro atoms. The van der Waals surface area contributed by atoms with Gasteiger partial charge in [-0.1, -0.05) is 29.8 Å². The van der Waals surface area contributed by atoms with Crippen molar-refractivity contribution in [2.75, 3.05) is 0 Å². The Labute approximate surface area is 135 Å². The number of carboxylic acids is 1. The van der Waals surface area contributed by atoms with Crippen LogP contribution in [0.25, 0.3) is 6.08 Å². The van der Waals surface area contributed by atoms with E-state index in [4.69, 9.17) is 21.4 Å². The quantitative estimate of drug-likeness (QED) is 0.774. The van der Waals surface area contributed by atoms with Crippen molar-refractivity contribution in [2.24, 2.45) is 0 Å². The summed E-state index contributed by atoms with van der Waals surface area (Å²) in [5, 5.41) is 9.29. The fraction of sp³-hybridized carbons (Fsp3) is 0.0625. The summed E-state index contributed by atoms with van der Waals surface area (Å²) in [6.07, 6.45) is 2.62. The second kappa shape index (κ2) is 7.29. The predicted octanol–water partition coefficient (Wildman–Crippen LogP) is 4.78. The number of hydrogen-bond acceptors (Lipinski definition) is 2. The Hall–Kier alpha value is -1.78. The first-order valence-corrected chi connectivity index (χ1v) is 7.29. The van der Waals surface area contributed by atoms with Gasteiger partial charge in [-0.25, -0.2) is 4.79 Å². The molecule has 2 rings (SSSR count). The Bertz CT molecular complexity index is 666. The fourth-order valence-corrected chi connectivity index (χ4v) is 2.28. The van der Waals surface area contributed by atoms with Gasteiger partial charge in [0.15, 0.2) is 0 Å². The van der Waals surface area contributed by atoms with Gasteiger partial charge >= 0.3 is 5.97 Å². The van der Waals surface area contributed by atoms with Crippen LogP contribution in [-0.4, -0.2) is 11.1 Å². The number of hydrogen-bond donors (Lipinski definition) is 1. The van der Waals surface area contributed by atoms with E-state index >= 15 is 0 Å². The topological polar surface area (TPSA) is 46.5 Å². The lowest BCUT2D eigenvalue weighted by atomic mass is 10.2. The molecule has 0 aliphatic rings. The van der Waals surface area contributed by atoms with E-state index in [1.165, 1.54) is 6.08 Å². The van der Waals surface area contributed by atoms with Crippen LogP contribution in [0, 0.1) is 0 Å². The monoisotopic (exact) mass is 366 g/mol. The average molecular weight is 368 g/mol. The zero-order valence-corrected chi connectivity index (χ0v) is 13.3. The molecule has 0 fully saturated rings. The van der Waals surface area contributed by atoms with Crippen LogP contribution < -0.4 is 4.74 Å². The molecule has 0 aliphatic heterocycles. The maximum Gasteiger partial charge on any atom is 0.328 e. The molecule has 21 heavy (non-hydrogen) atoms. The van der Waals surface area contributed by atoms with Crippen LogP contribution in [0.2, 0.25) is 5.02 Å². The van der Waals surface area contributed by atoms with E-state index in [1.807, 2.05) is 24.3 Å². The third kappa shape index (κ3) is 4.92. The zero-order chi connectivity index (χ0) is 15.2. The van der Waals surface area contributed by atoms with E-state index in [2.05, 4.69) is 15.9 Å². The highest BCUT2D eigenvalue weighted by Crippen LogP contribution is 2.27. The summed E-state index contributed by atoms with van der Waals surface area (Å²) in [4.78, 5) is 10.5. The van der Waals surface area contributed by atoms with Crippen molar-refractivity contribution in [2.45, 2.75) is 6.61 Å². The molecule has 0 aromatic heterocycles. The SMILES string of the molecule is O=C(O)/C=C/c1ccc(OCc2ccc(Cl)cc2)c(Br)c1. The lowest BCUT2D eigenvalue weighted by molar-refractivity contribution is -0.131. The van der Waals surface area contributed by atoms with E-state index in [0.717, 1.165) is 21.7 Å². The zero-order valence-electron chi connectivity index (χ0n) is 10.9. The molecule has 0 saturated heterocycles. The number of halogens is 2. The summed E-state index contributed by atoms with van der Waals surface area (Å²) >= 11 is 9.24. The molecule has 0 unspecified atom stereocenters. The van der Waals surface area contributed by atoms with E-state index in [1.54, 1.807) is 18.2 Å². The molecular weight excluding hydrogens is 356 g/mol. The van der Waals surface area contributed by atoms with Gasteiger partial charge in [0.25, 0.3) is 0 Å². The van der Waals surface area contributed by atoms with Crippen molar-refractivity contribution in [1.82, 2.24) is 0 Å². The summed E-state index contributed by atoms with van der Waals surface area (Å²) in [6, 6.07) is 12.8. The predicted molar refractivity (Wildman–Crippen MR) is 86.6 cm³/mol. The highest BCUT2D eigenvalue weighted by Gasteiger charge is 2.03. The van der Waals surface area contributed by atoms with Gasteiger partial charge < -0.3 is 9.84 Å². The number of rotatable bonds is 5. The number of benzene rings is 2. The highest BCUT2D eigenvalue weighted by atomic mass is 79.9. The van der Waals surface area contributed by atoms with Crippen LogP contribution in [0.3, 0.4) is 0 Å². The highest BCUT2D eigenvalue weighted by molar-refractivity contribution is 9.10. The Morgan fingerprint density at radius 2 is 1.95 bits per heavy atom. The fourth-order valence-electron chi connectivity index (χ4n) is 1.65. The number of carbonyl (C=O) groups is 1. The van der Waals surface area contributed by atoms with Crippen molar-refractivity contribution in [3.63, 3.8) is 0 Å². The molecule has 0 aliphatic carbocycles. The standard InChI is InChI=1S/C16H12BrClO3/c17-14-9-11(4-8-16(19)20)3-7-15(14)21-10-12-1-5-13(18)6-2-12/h1-9H,10H2,(H,19,20)/b8-4+. The lowest BCUT2D eigenvalue weighted by Crippen LogP contribution is -1.96. The van der Waals surface area contributed by atoms with E-state index < -0.39 is 5.97 Å². The van der Waals surface area contributed by atoms with Crippen LogP contribution in [0.1, 0.15) is 11.1 Å². The van der Waals surface area contributed by atoms with Gasteiger partial charge in [0.1, 0.15) is 12.4 Å². The van der Waals surface area contributed by atoms with E-state index in [9.17, 15) is 4.79 Å². The first-order chi connectivity index (χ1) is 10.0. The van der Waals surface area contributed by atoms with Crippen LogP contribution in [-0.2, 0) is 11.4 Å². The maximum absolute atomic E-state index is 10.5. The lowest BCUT2D eigenvalue weighted by Gasteiger charge is -2.09. The smallest absolute Gasteiger partial charge is 0.328 e. The maximum atomic E-state index is 10.5. The molecule has 108 valence electrons. The molecule has 0 amide bonds. The Morgan fingerprint density at radius 3 is 2.57 bits per heavy atom. The molecule has 0 radical (unpaired) electrons. The molecule has 5 heteroatoms. The van der Waals surface area contributed by atoms with Crippen molar-refractivity contribution in [3.8, 4) is 5.75 Å². The van der Waals surface area contributed by atoms with Gasteiger partial charge in [-0.3, -0.25) is 0 Å². The van der Waals surface area contributed by atoms with Crippen molar-refractivity contribution in [3.05, 3.63) is 69.2 Å². The van der Waals surface area contributed by atoms with E-state index in [0.29, 0.717) is 17.4 Å². The Kier molecular flexibility index (Phi) is 5.42. The Balaban J connectivity index is 2.04. The van der Waals surface area contributed by atoms with Gasteiger partial charge in [0.05, 0.1) is 4.47 Å². The minimum Gasteiger partial charge on any atom is -0.488 e. The first-order valence-electron chi connectivity index (χ1n) is 6.12. The molecule has 3 nitrogen and oxygen atoms in total. The van der Waals surface area contributed by atoms with E-state index in [-0.39, 0.29) is 0 Å². The molecule has 0 atom stereocenters. The van der Waals surface area contributed by atoms with Gasteiger partial charge in [-0.15, -0.1) is 0 Å². The molecule has 0 bridgehead atoms. The largest absolute Gasteiger partial charge is 0.488 e. The van der Waals surface area contributed by atoms with Crippen molar-refractivity contribution < 1.29 is 14.6 Å². The van der Waals surface area contributed by atoms with Gasteiger partial charge in [-0.2, -0.15) is 0 Å². The summed E-state index contributed by atoms with van der Waals surface area (Å²) in [5.74, 6) is -0.286.